The highest BCUT2D eigenvalue weighted by Gasteiger charge is 2.21. The molecule has 0 spiro atoms. The molecule has 3 nitrogen and oxygen atoms in total. The van der Waals surface area contributed by atoms with Gasteiger partial charge in [0.05, 0.1) is 0 Å². The van der Waals surface area contributed by atoms with Crippen molar-refractivity contribution in [1.82, 2.24) is 0 Å². The second kappa shape index (κ2) is 6.89. The molecule has 1 heterocycles. The average Bonchev–Trinajstić information content (AvgIpc) is 2.45. The Morgan fingerprint density at radius 3 is 2.90 bits per heavy atom. The number of benzene rings is 1. The third-order valence-electron chi connectivity index (χ3n) is 4.02. The number of rotatable bonds is 5. The van der Waals surface area contributed by atoms with Gasteiger partial charge in [0.1, 0.15) is 0 Å². The van der Waals surface area contributed by atoms with Crippen molar-refractivity contribution in [3.63, 3.8) is 0 Å². The second-order valence-corrected chi connectivity index (χ2v) is 5.72. The molecule has 0 bridgehead atoms. The highest BCUT2D eigenvalue weighted by Crippen LogP contribution is 2.29. The van der Waals surface area contributed by atoms with Crippen LogP contribution in [0.4, 0.5) is 5.69 Å². The molecule has 0 radical (unpaired) electrons. The summed E-state index contributed by atoms with van der Waals surface area (Å²) in [5, 5.41) is 0. The van der Waals surface area contributed by atoms with Gasteiger partial charge in [0, 0.05) is 24.7 Å². The van der Waals surface area contributed by atoms with Crippen molar-refractivity contribution < 1.29 is 4.79 Å². The molecule has 0 saturated carbocycles. The first-order chi connectivity index (χ1) is 9.65. The molecule has 20 heavy (non-hydrogen) atoms. The molecule has 2 rings (SSSR count). The maximum Gasteiger partial charge on any atom is 0.226 e. The van der Waals surface area contributed by atoms with E-state index in [0.29, 0.717) is 6.42 Å². The number of carbonyl (C=O) groups is 1. The Labute approximate surface area is 122 Å². The lowest BCUT2D eigenvalue weighted by molar-refractivity contribution is -0.118. The fourth-order valence-corrected chi connectivity index (χ4v) is 3.00. The maximum atomic E-state index is 12.0. The van der Waals surface area contributed by atoms with Crippen molar-refractivity contribution >= 4 is 11.6 Å². The summed E-state index contributed by atoms with van der Waals surface area (Å²) in [5.41, 5.74) is 9.84. The van der Waals surface area contributed by atoms with Crippen LogP contribution in [0.2, 0.25) is 0 Å². The van der Waals surface area contributed by atoms with Crippen molar-refractivity contribution in [1.29, 1.82) is 0 Å². The van der Waals surface area contributed by atoms with Crippen LogP contribution in [0.15, 0.2) is 18.2 Å². The predicted molar refractivity (Wildman–Crippen MR) is 84.0 cm³/mol. The number of nitrogens with zero attached hydrogens (tertiary/aromatic N) is 1. The van der Waals surface area contributed by atoms with Gasteiger partial charge >= 0.3 is 0 Å². The summed E-state index contributed by atoms with van der Waals surface area (Å²) in [6, 6.07) is 6.74. The van der Waals surface area contributed by atoms with Crippen molar-refractivity contribution in [3.8, 4) is 0 Å². The van der Waals surface area contributed by atoms with Gasteiger partial charge in [-0.1, -0.05) is 32.4 Å². The van der Waals surface area contributed by atoms with Crippen LogP contribution in [0, 0.1) is 0 Å². The zero-order chi connectivity index (χ0) is 14.5. The monoisotopic (exact) mass is 274 g/mol. The Kier molecular flexibility index (Phi) is 5.18. The molecule has 1 unspecified atom stereocenters. The van der Waals surface area contributed by atoms with Gasteiger partial charge in [-0.05, 0) is 42.9 Å². The SMILES string of the molecule is CCCC(N)Cc1ccc2c(c1)CCCN2C(=O)CC. The molecule has 3 heteroatoms. The van der Waals surface area contributed by atoms with E-state index < -0.39 is 0 Å². The van der Waals surface area contributed by atoms with Gasteiger partial charge in [0.2, 0.25) is 5.91 Å². The zero-order valence-electron chi connectivity index (χ0n) is 12.7. The van der Waals surface area contributed by atoms with E-state index in [-0.39, 0.29) is 11.9 Å². The van der Waals surface area contributed by atoms with Crippen LogP contribution in [0.3, 0.4) is 0 Å². The third-order valence-corrected chi connectivity index (χ3v) is 4.02. The summed E-state index contributed by atoms with van der Waals surface area (Å²) in [5.74, 6) is 0.224. The van der Waals surface area contributed by atoms with E-state index in [1.807, 2.05) is 11.8 Å². The third kappa shape index (κ3) is 3.40. The number of hydrogen-bond acceptors (Lipinski definition) is 2. The largest absolute Gasteiger partial charge is 0.327 e. The lowest BCUT2D eigenvalue weighted by Gasteiger charge is -2.30. The van der Waals surface area contributed by atoms with Crippen molar-refractivity contribution in [2.24, 2.45) is 5.73 Å². The minimum absolute atomic E-state index is 0.224. The highest BCUT2D eigenvalue weighted by molar-refractivity contribution is 5.94. The number of nitrogens with two attached hydrogens (primary N) is 1. The van der Waals surface area contributed by atoms with E-state index in [0.717, 1.165) is 44.3 Å². The van der Waals surface area contributed by atoms with Crippen LogP contribution in [0.1, 0.15) is 50.7 Å². The standard InChI is InChI=1S/C17H26N2O/c1-3-6-15(18)12-13-8-9-16-14(11-13)7-5-10-19(16)17(20)4-2/h8-9,11,15H,3-7,10,12,18H2,1-2H3. The molecule has 0 fully saturated rings. The van der Waals surface area contributed by atoms with Crippen LogP contribution in [-0.2, 0) is 17.6 Å². The van der Waals surface area contributed by atoms with Gasteiger partial charge in [-0.15, -0.1) is 0 Å². The van der Waals surface area contributed by atoms with E-state index in [1.54, 1.807) is 0 Å². The average molecular weight is 274 g/mol. The molecule has 0 aromatic heterocycles. The maximum absolute atomic E-state index is 12.0. The number of anilines is 1. The van der Waals surface area contributed by atoms with Gasteiger partial charge < -0.3 is 10.6 Å². The minimum atomic E-state index is 0.224. The fraction of sp³-hybridized carbons (Fsp3) is 0.588. The van der Waals surface area contributed by atoms with Gasteiger partial charge in [-0.3, -0.25) is 4.79 Å². The quantitative estimate of drug-likeness (QED) is 0.897. The van der Waals surface area contributed by atoms with Gasteiger partial charge in [0.15, 0.2) is 0 Å². The van der Waals surface area contributed by atoms with E-state index in [9.17, 15) is 4.79 Å². The van der Waals surface area contributed by atoms with Crippen LogP contribution < -0.4 is 10.6 Å². The number of fused-ring (bicyclic) bond motifs is 1. The first kappa shape index (κ1) is 15.0. The molecule has 0 saturated heterocycles. The van der Waals surface area contributed by atoms with Gasteiger partial charge in [-0.2, -0.15) is 0 Å². The first-order valence-electron chi connectivity index (χ1n) is 7.83. The van der Waals surface area contributed by atoms with Crippen LogP contribution >= 0.6 is 0 Å². The Bertz CT molecular complexity index is 470. The van der Waals surface area contributed by atoms with Crippen LogP contribution in [0.25, 0.3) is 0 Å². The summed E-state index contributed by atoms with van der Waals surface area (Å²) in [6.45, 7) is 4.95. The number of amides is 1. The van der Waals surface area contributed by atoms with Crippen LogP contribution in [-0.4, -0.2) is 18.5 Å². The molecule has 1 amide bonds. The van der Waals surface area contributed by atoms with Crippen LogP contribution in [0.5, 0.6) is 0 Å². The highest BCUT2D eigenvalue weighted by atomic mass is 16.2. The van der Waals surface area contributed by atoms with E-state index >= 15 is 0 Å². The lowest BCUT2D eigenvalue weighted by atomic mass is 9.95. The van der Waals surface area contributed by atoms with Crippen molar-refractivity contribution in [2.75, 3.05) is 11.4 Å². The van der Waals surface area contributed by atoms with E-state index in [4.69, 9.17) is 5.73 Å². The normalized spacial score (nSPS) is 15.8. The van der Waals surface area contributed by atoms with E-state index in [1.165, 1.54) is 11.1 Å². The Morgan fingerprint density at radius 1 is 1.40 bits per heavy atom. The fourth-order valence-electron chi connectivity index (χ4n) is 3.00. The minimum Gasteiger partial charge on any atom is -0.327 e. The van der Waals surface area contributed by atoms with Gasteiger partial charge in [0.25, 0.3) is 0 Å². The Balaban J connectivity index is 2.17. The molecule has 1 atom stereocenters. The molecule has 1 aliphatic heterocycles. The summed E-state index contributed by atoms with van der Waals surface area (Å²) in [6.07, 6.45) is 5.83. The number of carbonyl (C=O) groups excluding carboxylic acids is 1. The molecular weight excluding hydrogens is 248 g/mol. The lowest BCUT2D eigenvalue weighted by Crippen LogP contribution is -2.35. The molecule has 1 aliphatic rings. The molecule has 110 valence electrons. The number of hydrogen-bond donors (Lipinski definition) is 1. The van der Waals surface area contributed by atoms with Crippen molar-refractivity contribution in [3.05, 3.63) is 29.3 Å². The Hall–Kier alpha value is -1.35. The topological polar surface area (TPSA) is 46.3 Å². The van der Waals surface area contributed by atoms with E-state index in [2.05, 4.69) is 25.1 Å². The molecule has 1 aromatic carbocycles. The first-order valence-corrected chi connectivity index (χ1v) is 7.83. The molecule has 1 aromatic rings. The van der Waals surface area contributed by atoms with Gasteiger partial charge in [-0.25, -0.2) is 0 Å². The summed E-state index contributed by atoms with van der Waals surface area (Å²) < 4.78 is 0. The Morgan fingerprint density at radius 2 is 2.20 bits per heavy atom. The summed E-state index contributed by atoms with van der Waals surface area (Å²) in [4.78, 5) is 13.9. The second-order valence-electron chi connectivity index (χ2n) is 5.72. The zero-order valence-corrected chi connectivity index (χ0v) is 12.7. The summed E-state index contributed by atoms with van der Waals surface area (Å²) >= 11 is 0. The molecule has 2 N–H and O–H groups in total. The molecule has 0 aliphatic carbocycles. The summed E-state index contributed by atoms with van der Waals surface area (Å²) in [7, 11) is 0. The number of aryl methyl sites for hydroxylation is 1. The molecular formula is C17H26N2O. The smallest absolute Gasteiger partial charge is 0.226 e. The van der Waals surface area contributed by atoms with Crippen molar-refractivity contribution in [2.45, 2.75) is 58.4 Å². The predicted octanol–water partition coefficient (Wildman–Crippen LogP) is 3.05.